The van der Waals surface area contributed by atoms with E-state index >= 15 is 0 Å². The van der Waals surface area contributed by atoms with Crippen LogP contribution in [0.4, 0.5) is 13.2 Å². The molecule has 0 fully saturated rings. The SMILES string of the molecule is C=C(C#N)C(=O)OCCOC(C)C.O=S(=O)(O)C(F)(F)F. The van der Waals surface area contributed by atoms with Crippen molar-refractivity contribution >= 4 is 16.1 Å². The summed E-state index contributed by atoms with van der Waals surface area (Å²) >= 11 is 0. The maximum atomic E-state index is 10.8. The van der Waals surface area contributed by atoms with E-state index in [2.05, 4.69) is 11.3 Å². The van der Waals surface area contributed by atoms with Crippen LogP contribution in [0, 0.1) is 11.3 Å². The van der Waals surface area contributed by atoms with E-state index in [-0.39, 0.29) is 18.3 Å². The monoisotopic (exact) mass is 333 g/mol. The van der Waals surface area contributed by atoms with Crippen molar-refractivity contribution < 1.29 is 40.4 Å². The third-order valence-electron chi connectivity index (χ3n) is 1.44. The largest absolute Gasteiger partial charge is 0.522 e. The van der Waals surface area contributed by atoms with Crippen LogP contribution in [-0.4, -0.2) is 43.8 Å². The Bertz CT molecular complexity index is 492. The average Bonchev–Trinajstić information content (AvgIpc) is 2.31. The van der Waals surface area contributed by atoms with Crippen molar-refractivity contribution in [2.45, 2.75) is 25.5 Å². The van der Waals surface area contributed by atoms with Crippen molar-refractivity contribution in [3.05, 3.63) is 12.2 Å². The minimum atomic E-state index is -5.84. The smallest absolute Gasteiger partial charge is 0.459 e. The van der Waals surface area contributed by atoms with Crippen molar-refractivity contribution in [2.75, 3.05) is 13.2 Å². The van der Waals surface area contributed by atoms with Crippen molar-refractivity contribution in [3.8, 4) is 6.07 Å². The van der Waals surface area contributed by atoms with Crippen LogP contribution >= 0.6 is 0 Å². The zero-order chi connectivity index (χ0) is 17.3. The van der Waals surface area contributed by atoms with Gasteiger partial charge in [0, 0.05) is 0 Å². The van der Waals surface area contributed by atoms with Gasteiger partial charge in [-0.2, -0.15) is 26.9 Å². The number of alkyl halides is 3. The molecule has 0 saturated carbocycles. The van der Waals surface area contributed by atoms with Gasteiger partial charge in [0.2, 0.25) is 0 Å². The zero-order valence-corrected chi connectivity index (χ0v) is 12.0. The first-order valence-corrected chi connectivity index (χ1v) is 6.68. The van der Waals surface area contributed by atoms with Gasteiger partial charge in [0.15, 0.2) is 0 Å². The summed E-state index contributed by atoms with van der Waals surface area (Å²) in [7, 11) is -5.84. The molecule has 0 unspecified atom stereocenters. The van der Waals surface area contributed by atoms with Crippen LogP contribution in [0.3, 0.4) is 0 Å². The van der Waals surface area contributed by atoms with Crippen LogP contribution in [0.2, 0.25) is 0 Å². The van der Waals surface area contributed by atoms with E-state index in [1.807, 2.05) is 13.8 Å². The highest BCUT2D eigenvalue weighted by Gasteiger charge is 2.44. The summed E-state index contributed by atoms with van der Waals surface area (Å²) in [5.74, 6) is -0.685. The molecule has 0 aromatic carbocycles. The van der Waals surface area contributed by atoms with E-state index in [0.717, 1.165) is 0 Å². The highest BCUT2D eigenvalue weighted by Crippen LogP contribution is 2.20. The van der Waals surface area contributed by atoms with E-state index in [1.165, 1.54) is 0 Å². The van der Waals surface area contributed by atoms with Gasteiger partial charge in [-0.25, -0.2) is 4.79 Å². The van der Waals surface area contributed by atoms with Crippen molar-refractivity contribution in [1.29, 1.82) is 5.26 Å². The first kappa shape index (κ1) is 21.7. The molecule has 0 aromatic rings. The number of ether oxygens (including phenoxy) is 2. The summed E-state index contributed by atoms with van der Waals surface area (Å²) in [6.07, 6.45) is 0.109. The zero-order valence-electron chi connectivity index (χ0n) is 11.2. The van der Waals surface area contributed by atoms with E-state index in [1.54, 1.807) is 6.07 Å². The van der Waals surface area contributed by atoms with Crippen LogP contribution in [-0.2, 0) is 24.4 Å². The van der Waals surface area contributed by atoms with E-state index < -0.39 is 21.6 Å². The molecule has 1 N–H and O–H groups in total. The fraction of sp³-hybridized carbons (Fsp3) is 0.600. The molecule has 0 aliphatic heterocycles. The van der Waals surface area contributed by atoms with E-state index in [0.29, 0.717) is 6.61 Å². The lowest BCUT2D eigenvalue weighted by atomic mass is 10.3. The van der Waals surface area contributed by atoms with E-state index in [4.69, 9.17) is 23.0 Å². The number of carbonyl (C=O) groups excluding carboxylic acids is 1. The number of nitrogens with zero attached hydrogens (tertiary/aromatic N) is 1. The Morgan fingerprint density at radius 1 is 1.38 bits per heavy atom. The summed E-state index contributed by atoms with van der Waals surface area (Å²) in [5, 5.41) is 8.27. The molecule has 11 heteroatoms. The molecule has 0 radical (unpaired) electrons. The average molecular weight is 333 g/mol. The Hall–Kier alpha value is -1.64. The summed E-state index contributed by atoms with van der Waals surface area (Å²) in [4.78, 5) is 10.8. The number of carbonyl (C=O) groups is 1. The predicted octanol–water partition coefficient (Wildman–Crippen LogP) is 1.43. The minimum Gasteiger partial charge on any atom is -0.459 e. The molecule has 0 aromatic heterocycles. The lowest BCUT2D eigenvalue weighted by molar-refractivity contribution is -0.140. The highest BCUT2D eigenvalue weighted by molar-refractivity contribution is 7.86. The summed E-state index contributed by atoms with van der Waals surface area (Å²) in [6.45, 7) is 7.47. The molecule has 0 spiro atoms. The van der Waals surface area contributed by atoms with Crippen LogP contribution in [0.1, 0.15) is 13.8 Å². The number of halogens is 3. The molecular formula is C10H14F3NO6S. The molecule has 21 heavy (non-hydrogen) atoms. The van der Waals surface area contributed by atoms with Crippen LogP contribution < -0.4 is 0 Å². The molecule has 0 atom stereocenters. The fourth-order valence-electron chi connectivity index (χ4n) is 0.551. The Morgan fingerprint density at radius 3 is 2.10 bits per heavy atom. The Kier molecular flexibility index (Phi) is 9.62. The second-order valence-electron chi connectivity index (χ2n) is 3.57. The maximum Gasteiger partial charge on any atom is 0.522 e. The number of hydrogen-bond acceptors (Lipinski definition) is 6. The van der Waals surface area contributed by atoms with Crippen molar-refractivity contribution in [3.63, 3.8) is 0 Å². The Morgan fingerprint density at radius 2 is 1.81 bits per heavy atom. The van der Waals surface area contributed by atoms with Gasteiger partial charge in [-0.3, -0.25) is 4.55 Å². The molecule has 0 saturated heterocycles. The van der Waals surface area contributed by atoms with Crippen molar-refractivity contribution in [1.82, 2.24) is 0 Å². The maximum absolute atomic E-state index is 10.8. The van der Waals surface area contributed by atoms with Crippen LogP contribution in [0.25, 0.3) is 0 Å². The normalized spacial score (nSPS) is 11.1. The molecular weight excluding hydrogens is 319 g/mol. The fourth-order valence-corrected chi connectivity index (χ4v) is 0.551. The number of esters is 1. The number of hydrogen-bond donors (Lipinski definition) is 1. The third-order valence-corrected chi connectivity index (χ3v) is 2.03. The van der Waals surface area contributed by atoms with Gasteiger partial charge >= 0.3 is 21.6 Å². The number of nitriles is 1. The van der Waals surface area contributed by atoms with Gasteiger partial charge < -0.3 is 9.47 Å². The predicted molar refractivity (Wildman–Crippen MR) is 64.4 cm³/mol. The molecule has 0 amide bonds. The van der Waals surface area contributed by atoms with E-state index in [9.17, 15) is 18.0 Å². The summed E-state index contributed by atoms with van der Waals surface area (Å²) < 4.78 is 67.3. The second-order valence-corrected chi connectivity index (χ2v) is 4.98. The first-order chi connectivity index (χ1) is 9.32. The molecule has 0 rings (SSSR count). The van der Waals surface area contributed by atoms with Gasteiger partial charge in [0.05, 0.1) is 12.7 Å². The molecule has 0 heterocycles. The minimum absolute atomic E-state index is 0.109. The molecule has 0 aliphatic carbocycles. The summed E-state index contributed by atoms with van der Waals surface area (Å²) in [6, 6.07) is 1.60. The molecule has 0 bridgehead atoms. The number of rotatable bonds is 5. The molecule has 122 valence electrons. The lowest BCUT2D eigenvalue weighted by Crippen LogP contribution is -2.21. The van der Waals surface area contributed by atoms with Gasteiger partial charge in [-0.05, 0) is 13.8 Å². The van der Waals surface area contributed by atoms with Gasteiger partial charge in [0.1, 0.15) is 18.2 Å². The molecule has 0 aliphatic rings. The van der Waals surface area contributed by atoms with Gasteiger partial charge in [0.25, 0.3) is 0 Å². The quantitative estimate of drug-likeness (QED) is 0.202. The van der Waals surface area contributed by atoms with Crippen molar-refractivity contribution in [2.24, 2.45) is 0 Å². The van der Waals surface area contributed by atoms with Gasteiger partial charge in [-0.15, -0.1) is 0 Å². The molecule has 7 nitrogen and oxygen atoms in total. The van der Waals surface area contributed by atoms with Gasteiger partial charge in [-0.1, -0.05) is 6.58 Å². The second kappa shape index (κ2) is 9.32. The standard InChI is InChI=1S/C9H13NO3.CHF3O3S/c1-7(2)12-4-5-13-9(11)8(3)6-10;2-1(3,4)8(5,6)7/h7H,3-5H2,1-2H3;(H,5,6,7). The van der Waals surface area contributed by atoms with Crippen LogP contribution in [0.15, 0.2) is 12.2 Å². The van der Waals surface area contributed by atoms with Crippen LogP contribution in [0.5, 0.6) is 0 Å². The summed E-state index contributed by atoms with van der Waals surface area (Å²) in [5.41, 5.74) is -5.72. The third kappa shape index (κ3) is 11.9. The lowest BCUT2D eigenvalue weighted by Gasteiger charge is -2.07. The topological polar surface area (TPSA) is 114 Å². The Balaban J connectivity index is 0. The first-order valence-electron chi connectivity index (χ1n) is 5.24. The Labute approximate surface area is 119 Å². The highest BCUT2D eigenvalue weighted by atomic mass is 32.2.